The zero-order chi connectivity index (χ0) is 8.55. The van der Waals surface area contributed by atoms with Gasteiger partial charge in [-0.25, -0.2) is 0 Å². The molecule has 1 heterocycles. The lowest BCUT2D eigenvalue weighted by molar-refractivity contribution is 0.597. The van der Waals surface area contributed by atoms with Crippen molar-refractivity contribution in [3.05, 3.63) is 46.3 Å². The number of rotatable bonds is 0. The zero-order valence-corrected chi connectivity index (χ0v) is 7.93. The van der Waals surface area contributed by atoms with Crippen molar-refractivity contribution in [3.8, 4) is 0 Å². The highest BCUT2D eigenvalue weighted by Gasteiger charge is 2.00. The molecule has 0 bridgehead atoms. The van der Waals surface area contributed by atoms with Crippen molar-refractivity contribution in [1.82, 2.24) is 0 Å². The maximum absolute atomic E-state index is 11.5. The Morgan fingerprint density at radius 3 is 2.69 bits per heavy atom. The van der Waals surface area contributed by atoms with Crippen LogP contribution in [0.1, 0.15) is 5.56 Å². The Balaban J connectivity index is 0.000000845. The molecule has 0 spiro atoms. The maximum Gasteiger partial charge on any atom is 0.195 e. The first-order chi connectivity index (χ1) is 5.79. The van der Waals surface area contributed by atoms with Crippen LogP contribution < -0.4 is 5.43 Å². The smallest absolute Gasteiger partial charge is 0.195 e. The zero-order valence-electron chi connectivity index (χ0n) is 7.11. The van der Waals surface area contributed by atoms with Gasteiger partial charge in [0.2, 0.25) is 0 Å². The van der Waals surface area contributed by atoms with Crippen LogP contribution in [-0.4, -0.2) is 0 Å². The van der Waals surface area contributed by atoms with Crippen LogP contribution in [0.15, 0.2) is 39.7 Å². The fraction of sp³-hybridized carbons (Fsp3) is 0.100. The van der Waals surface area contributed by atoms with E-state index in [4.69, 9.17) is 4.42 Å². The van der Waals surface area contributed by atoms with Crippen LogP contribution in [-0.2, 0) is 0 Å². The molecule has 0 aliphatic heterocycles. The third-order valence-corrected chi connectivity index (χ3v) is 1.85. The predicted molar refractivity (Wildman–Crippen MR) is 54.5 cm³/mol. The molecule has 0 N–H and O–H groups in total. The van der Waals surface area contributed by atoms with Crippen molar-refractivity contribution in [2.45, 2.75) is 6.92 Å². The molecule has 13 heavy (non-hydrogen) atoms. The summed E-state index contributed by atoms with van der Waals surface area (Å²) in [5.74, 6) is 0. The quantitative estimate of drug-likeness (QED) is 0.648. The molecule has 2 rings (SSSR count). The van der Waals surface area contributed by atoms with Gasteiger partial charge in [0.15, 0.2) is 5.43 Å². The van der Waals surface area contributed by atoms with E-state index in [1.807, 2.05) is 12.1 Å². The molecule has 68 valence electrons. The molecule has 0 unspecified atom stereocenters. The van der Waals surface area contributed by atoms with Crippen LogP contribution in [0.25, 0.3) is 11.0 Å². The van der Waals surface area contributed by atoms with Crippen molar-refractivity contribution in [1.29, 1.82) is 0 Å². The van der Waals surface area contributed by atoms with Crippen LogP contribution in [0.4, 0.5) is 0 Å². The Kier molecular flexibility index (Phi) is 2.73. The third kappa shape index (κ3) is 1.58. The van der Waals surface area contributed by atoms with Crippen LogP contribution in [0.3, 0.4) is 0 Å². The molecule has 0 aliphatic rings. The average molecular weight is 197 g/mol. The molecule has 1 aromatic heterocycles. The van der Waals surface area contributed by atoms with Gasteiger partial charge in [0.25, 0.3) is 0 Å². The standard InChI is InChI=1S/C10H8O2.ClH/c1-7-6-12-9-5-3-2-4-8(9)10(7)11;/h2-6H,1H3;1H. The second-order valence-electron chi connectivity index (χ2n) is 2.74. The highest BCUT2D eigenvalue weighted by molar-refractivity contribution is 5.85. The number of fused-ring (bicyclic) bond motifs is 1. The van der Waals surface area contributed by atoms with Gasteiger partial charge in [0.1, 0.15) is 5.58 Å². The van der Waals surface area contributed by atoms with Gasteiger partial charge < -0.3 is 4.42 Å². The largest absolute Gasteiger partial charge is 0.464 e. The van der Waals surface area contributed by atoms with E-state index in [0.717, 1.165) is 0 Å². The predicted octanol–water partition coefficient (Wildman–Crippen LogP) is 2.52. The monoisotopic (exact) mass is 196 g/mol. The summed E-state index contributed by atoms with van der Waals surface area (Å²) in [6, 6.07) is 7.24. The minimum absolute atomic E-state index is 0. The molecule has 2 aromatic rings. The van der Waals surface area contributed by atoms with E-state index in [9.17, 15) is 4.79 Å². The Labute approximate surface area is 81.6 Å². The number of aryl methyl sites for hydroxylation is 1. The first kappa shape index (κ1) is 9.81. The molecule has 0 saturated heterocycles. The summed E-state index contributed by atoms with van der Waals surface area (Å²) in [4.78, 5) is 11.5. The van der Waals surface area contributed by atoms with E-state index >= 15 is 0 Å². The Morgan fingerprint density at radius 2 is 1.92 bits per heavy atom. The van der Waals surface area contributed by atoms with Crippen molar-refractivity contribution in [3.63, 3.8) is 0 Å². The molecular weight excluding hydrogens is 188 g/mol. The normalized spacial score (nSPS) is 9.62. The second kappa shape index (κ2) is 3.62. The Bertz CT molecular complexity index is 474. The highest BCUT2D eigenvalue weighted by Crippen LogP contribution is 2.09. The summed E-state index contributed by atoms with van der Waals surface area (Å²) in [7, 11) is 0. The molecule has 2 nitrogen and oxygen atoms in total. The van der Waals surface area contributed by atoms with E-state index in [1.54, 1.807) is 19.1 Å². The second-order valence-corrected chi connectivity index (χ2v) is 2.74. The molecule has 0 radical (unpaired) electrons. The van der Waals surface area contributed by atoms with E-state index in [2.05, 4.69) is 0 Å². The van der Waals surface area contributed by atoms with Crippen molar-refractivity contribution < 1.29 is 4.42 Å². The molecule has 0 fully saturated rings. The van der Waals surface area contributed by atoms with Crippen LogP contribution in [0, 0.1) is 6.92 Å². The van der Waals surface area contributed by atoms with E-state index in [0.29, 0.717) is 16.5 Å². The average Bonchev–Trinajstić information content (AvgIpc) is 2.12. The fourth-order valence-electron chi connectivity index (χ4n) is 1.17. The topological polar surface area (TPSA) is 30.2 Å². The Hall–Kier alpha value is -1.28. The minimum Gasteiger partial charge on any atom is -0.464 e. The van der Waals surface area contributed by atoms with Crippen molar-refractivity contribution in [2.24, 2.45) is 0 Å². The SMILES string of the molecule is Cc1coc2ccccc2c1=O.Cl. The number of hydrogen-bond acceptors (Lipinski definition) is 2. The van der Waals surface area contributed by atoms with Crippen molar-refractivity contribution in [2.75, 3.05) is 0 Å². The Morgan fingerprint density at radius 1 is 1.23 bits per heavy atom. The summed E-state index contributed by atoms with van der Waals surface area (Å²) in [5, 5.41) is 0.650. The van der Waals surface area contributed by atoms with Gasteiger partial charge in [-0.15, -0.1) is 12.4 Å². The van der Waals surface area contributed by atoms with Crippen LogP contribution in [0.5, 0.6) is 0 Å². The lowest BCUT2D eigenvalue weighted by Crippen LogP contribution is -2.03. The summed E-state index contributed by atoms with van der Waals surface area (Å²) in [5.41, 5.74) is 1.35. The van der Waals surface area contributed by atoms with Gasteiger partial charge in [0.05, 0.1) is 11.6 Å². The van der Waals surface area contributed by atoms with Crippen LogP contribution >= 0.6 is 12.4 Å². The van der Waals surface area contributed by atoms with E-state index in [1.165, 1.54) is 6.26 Å². The number of halogens is 1. The first-order valence-corrected chi connectivity index (χ1v) is 3.76. The number of benzene rings is 1. The van der Waals surface area contributed by atoms with Crippen molar-refractivity contribution >= 4 is 23.4 Å². The van der Waals surface area contributed by atoms with E-state index in [-0.39, 0.29) is 17.8 Å². The van der Waals surface area contributed by atoms with E-state index < -0.39 is 0 Å². The molecule has 0 aliphatic carbocycles. The molecule has 1 aromatic carbocycles. The summed E-state index contributed by atoms with van der Waals surface area (Å²) >= 11 is 0. The summed E-state index contributed by atoms with van der Waals surface area (Å²) in [6.45, 7) is 1.75. The summed E-state index contributed by atoms with van der Waals surface area (Å²) < 4.78 is 5.22. The molecular formula is C10H9ClO2. The third-order valence-electron chi connectivity index (χ3n) is 1.85. The van der Waals surface area contributed by atoms with Gasteiger partial charge in [-0.1, -0.05) is 12.1 Å². The van der Waals surface area contributed by atoms with Gasteiger partial charge in [0, 0.05) is 5.56 Å². The van der Waals surface area contributed by atoms with Crippen LogP contribution in [0.2, 0.25) is 0 Å². The molecule has 0 atom stereocenters. The summed E-state index contributed by atoms with van der Waals surface area (Å²) in [6.07, 6.45) is 1.49. The minimum atomic E-state index is 0. The first-order valence-electron chi connectivity index (χ1n) is 3.76. The molecule has 3 heteroatoms. The maximum atomic E-state index is 11.5. The highest BCUT2D eigenvalue weighted by atomic mass is 35.5. The van der Waals surface area contributed by atoms with Gasteiger partial charge >= 0.3 is 0 Å². The number of hydrogen-bond donors (Lipinski definition) is 0. The molecule has 0 amide bonds. The lowest BCUT2D eigenvalue weighted by atomic mass is 10.2. The number of para-hydroxylation sites is 1. The molecule has 0 saturated carbocycles. The lowest BCUT2D eigenvalue weighted by Gasteiger charge is -1.95. The fourth-order valence-corrected chi connectivity index (χ4v) is 1.17. The van der Waals surface area contributed by atoms with Gasteiger partial charge in [-0.2, -0.15) is 0 Å². The van der Waals surface area contributed by atoms with Gasteiger partial charge in [-0.05, 0) is 19.1 Å². The van der Waals surface area contributed by atoms with Gasteiger partial charge in [-0.3, -0.25) is 4.79 Å².